The Bertz CT molecular complexity index is 586. The molecule has 1 aromatic rings. The molecule has 6 nitrogen and oxygen atoms in total. The molecule has 2 rings (SSSR count). The van der Waals surface area contributed by atoms with Crippen molar-refractivity contribution in [3.8, 4) is 0 Å². The van der Waals surface area contributed by atoms with Crippen LogP contribution in [0.5, 0.6) is 0 Å². The van der Waals surface area contributed by atoms with Crippen LogP contribution in [-0.4, -0.2) is 55.0 Å². The van der Waals surface area contributed by atoms with E-state index < -0.39 is 9.84 Å². The fourth-order valence-electron chi connectivity index (χ4n) is 2.64. The number of hydrogen-bond acceptors (Lipinski definition) is 5. The van der Waals surface area contributed by atoms with E-state index in [0.717, 1.165) is 17.8 Å². The lowest BCUT2D eigenvalue weighted by Crippen LogP contribution is -2.49. The molecular weight excluding hydrogens is 322 g/mol. The van der Waals surface area contributed by atoms with Crippen LogP contribution in [0.4, 0.5) is 4.79 Å². The van der Waals surface area contributed by atoms with Gasteiger partial charge in [-0.05, 0) is 19.8 Å². The van der Waals surface area contributed by atoms with Crippen molar-refractivity contribution in [1.82, 2.24) is 15.2 Å². The molecule has 1 N–H and O–H groups in total. The molecule has 8 heteroatoms. The maximum atomic E-state index is 12.3. The van der Waals surface area contributed by atoms with Gasteiger partial charge in [0.2, 0.25) is 0 Å². The Morgan fingerprint density at radius 1 is 1.59 bits per heavy atom. The second-order valence-electron chi connectivity index (χ2n) is 5.70. The second kappa shape index (κ2) is 7.41. The summed E-state index contributed by atoms with van der Waals surface area (Å²) in [5.41, 5.74) is 0. The Hall–Kier alpha value is -1.15. The zero-order chi connectivity index (χ0) is 16.2. The van der Waals surface area contributed by atoms with E-state index in [9.17, 15) is 13.2 Å². The monoisotopic (exact) mass is 345 g/mol. The fourth-order valence-corrected chi connectivity index (χ4v) is 4.49. The van der Waals surface area contributed by atoms with Crippen molar-refractivity contribution in [3.63, 3.8) is 0 Å². The second-order valence-corrected chi connectivity index (χ2v) is 9.03. The molecule has 0 spiro atoms. The minimum Gasteiger partial charge on any atom is -0.335 e. The molecule has 0 unspecified atom stereocenters. The van der Waals surface area contributed by atoms with Crippen LogP contribution in [0.25, 0.3) is 0 Å². The van der Waals surface area contributed by atoms with E-state index in [2.05, 4.69) is 10.3 Å². The largest absolute Gasteiger partial charge is 0.335 e. The van der Waals surface area contributed by atoms with Gasteiger partial charge in [-0.1, -0.05) is 6.92 Å². The van der Waals surface area contributed by atoms with Crippen LogP contribution in [-0.2, 0) is 9.84 Å². The van der Waals surface area contributed by atoms with Crippen molar-refractivity contribution in [2.24, 2.45) is 0 Å². The SMILES string of the molecule is CCS(=O)(=O)C[C@H](C)NC(=O)N1CCC[C@H](c2nccs2)C1. The topological polar surface area (TPSA) is 79.4 Å². The Kier molecular flexibility index (Phi) is 5.80. The van der Waals surface area contributed by atoms with Crippen LogP contribution in [0.15, 0.2) is 11.6 Å². The molecule has 0 aromatic carbocycles. The first-order valence-corrected chi connectivity index (χ1v) is 10.3. The third-order valence-corrected chi connectivity index (χ3v) is 6.65. The molecule has 1 saturated heterocycles. The molecule has 2 amide bonds. The van der Waals surface area contributed by atoms with Crippen molar-refractivity contribution in [1.29, 1.82) is 0 Å². The molecule has 124 valence electrons. The molecule has 1 aliphatic rings. The van der Waals surface area contributed by atoms with Crippen molar-refractivity contribution < 1.29 is 13.2 Å². The highest BCUT2D eigenvalue weighted by molar-refractivity contribution is 7.91. The van der Waals surface area contributed by atoms with Crippen molar-refractivity contribution >= 4 is 27.2 Å². The highest BCUT2D eigenvalue weighted by atomic mass is 32.2. The fraction of sp³-hybridized carbons (Fsp3) is 0.714. The number of amides is 2. The normalized spacial score (nSPS) is 20.6. The van der Waals surface area contributed by atoms with Crippen molar-refractivity contribution in [2.45, 2.75) is 38.6 Å². The highest BCUT2D eigenvalue weighted by Gasteiger charge is 2.27. The number of nitrogens with zero attached hydrogens (tertiary/aromatic N) is 2. The van der Waals surface area contributed by atoms with Gasteiger partial charge in [0, 0.05) is 42.4 Å². The van der Waals surface area contributed by atoms with Crippen LogP contribution >= 0.6 is 11.3 Å². The van der Waals surface area contributed by atoms with E-state index >= 15 is 0 Å². The number of hydrogen-bond donors (Lipinski definition) is 1. The molecule has 22 heavy (non-hydrogen) atoms. The zero-order valence-corrected chi connectivity index (χ0v) is 14.6. The molecule has 1 aliphatic heterocycles. The van der Waals surface area contributed by atoms with Gasteiger partial charge >= 0.3 is 6.03 Å². The van der Waals surface area contributed by atoms with Gasteiger partial charge < -0.3 is 10.2 Å². The molecule has 2 heterocycles. The number of aromatic nitrogens is 1. The lowest BCUT2D eigenvalue weighted by molar-refractivity contribution is 0.177. The van der Waals surface area contributed by atoms with E-state index in [0.29, 0.717) is 13.1 Å². The summed E-state index contributed by atoms with van der Waals surface area (Å²) in [5.74, 6) is 0.372. The Balaban J connectivity index is 1.89. The summed E-state index contributed by atoms with van der Waals surface area (Å²) in [4.78, 5) is 18.4. The van der Waals surface area contributed by atoms with Crippen LogP contribution in [0, 0.1) is 0 Å². The van der Waals surface area contributed by atoms with Crippen LogP contribution < -0.4 is 5.32 Å². The predicted molar refractivity (Wildman–Crippen MR) is 88.0 cm³/mol. The highest BCUT2D eigenvalue weighted by Crippen LogP contribution is 2.28. The number of nitrogens with one attached hydrogen (secondary N) is 1. The summed E-state index contributed by atoms with van der Waals surface area (Å²) >= 11 is 1.62. The van der Waals surface area contributed by atoms with Crippen LogP contribution in [0.1, 0.15) is 37.6 Å². The van der Waals surface area contributed by atoms with Crippen LogP contribution in [0.3, 0.4) is 0 Å². The number of carbonyl (C=O) groups is 1. The molecule has 1 fully saturated rings. The summed E-state index contributed by atoms with van der Waals surface area (Å²) in [7, 11) is -3.08. The first-order valence-electron chi connectivity index (χ1n) is 7.56. The van der Waals surface area contributed by atoms with E-state index in [1.165, 1.54) is 0 Å². The average molecular weight is 345 g/mol. The number of urea groups is 1. The maximum absolute atomic E-state index is 12.3. The quantitative estimate of drug-likeness (QED) is 0.883. The molecule has 0 saturated carbocycles. The number of thiazole rings is 1. The van der Waals surface area contributed by atoms with Crippen molar-refractivity contribution in [3.05, 3.63) is 16.6 Å². The van der Waals surface area contributed by atoms with Crippen LogP contribution in [0.2, 0.25) is 0 Å². The molecule has 1 aromatic heterocycles. The summed E-state index contributed by atoms with van der Waals surface area (Å²) in [6.45, 7) is 4.70. The summed E-state index contributed by atoms with van der Waals surface area (Å²) in [6, 6.07) is -0.558. The van der Waals surface area contributed by atoms with Gasteiger partial charge in [0.25, 0.3) is 0 Å². The first-order chi connectivity index (χ1) is 10.4. The molecular formula is C14H23N3O3S2. The first kappa shape index (κ1) is 17.2. The third kappa shape index (κ3) is 4.67. The Morgan fingerprint density at radius 2 is 2.36 bits per heavy atom. The van der Waals surface area contributed by atoms with Gasteiger partial charge in [-0.2, -0.15) is 0 Å². The van der Waals surface area contributed by atoms with Gasteiger partial charge in [0.05, 0.1) is 10.8 Å². The maximum Gasteiger partial charge on any atom is 0.317 e. The molecule has 0 radical (unpaired) electrons. The van der Waals surface area contributed by atoms with Gasteiger partial charge in [0.1, 0.15) is 0 Å². The smallest absolute Gasteiger partial charge is 0.317 e. The van der Waals surface area contributed by atoms with Gasteiger partial charge in [-0.25, -0.2) is 18.2 Å². The minimum atomic E-state index is -3.08. The minimum absolute atomic E-state index is 0.0149. The number of piperidine rings is 1. The lowest BCUT2D eigenvalue weighted by atomic mass is 9.99. The number of carbonyl (C=O) groups excluding carboxylic acids is 1. The lowest BCUT2D eigenvalue weighted by Gasteiger charge is -2.32. The molecule has 2 atom stereocenters. The number of sulfone groups is 1. The third-order valence-electron chi connectivity index (χ3n) is 3.82. The van der Waals surface area contributed by atoms with Gasteiger partial charge in [0.15, 0.2) is 9.84 Å². The zero-order valence-electron chi connectivity index (χ0n) is 13.0. The summed E-state index contributed by atoms with van der Waals surface area (Å²) < 4.78 is 23.2. The summed E-state index contributed by atoms with van der Waals surface area (Å²) in [6.07, 6.45) is 3.77. The van der Waals surface area contributed by atoms with E-state index in [4.69, 9.17) is 0 Å². The van der Waals surface area contributed by atoms with Gasteiger partial charge in [-0.15, -0.1) is 11.3 Å². The number of likely N-dealkylation sites (tertiary alicyclic amines) is 1. The van der Waals surface area contributed by atoms with Gasteiger partial charge in [-0.3, -0.25) is 0 Å². The molecule has 0 bridgehead atoms. The number of rotatable bonds is 5. The van der Waals surface area contributed by atoms with E-state index in [1.807, 2.05) is 5.38 Å². The Labute approximate surface area is 135 Å². The van der Waals surface area contributed by atoms with E-state index in [1.54, 1.807) is 36.3 Å². The molecule has 0 aliphatic carbocycles. The standard InChI is InChI=1S/C14H23N3O3S2/c1-3-22(19,20)10-11(2)16-14(18)17-7-4-5-12(9-17)13-15-6-8-21-13/h6,8,11-12H,3-5,7,9-10H2,1-2H3,(H,16,18)/t11-,12-/m0/s1. The Morgan fingerprint density at radius 3 is 3.00 bits per heavy atom. The summed E-state index contributed by atoms with van der Waals surface area (Å²) in [5, 5.41) is 5.82. The predicted octanol–water partition coefficient (Wildman–Crippen LogP) is 1.86. The van der Waals surface area contributed by atoms with Crippen molar-refractivity contribution in [2.75, 3.05) is 24.6 Å². The van der Waals surface area contributed by atoms with E-state index in [-0.39, 0.29) is 29.5 Å². The average Bonchev–Trinajstić information content (AvgIpc) is 3.01.